The van der Waals surface area contributed by atoms with Gasteiger partial charge in [0.15, 0.2) is 0 Å². The van der Waals surface area contributed by atoms with Gasteiger partial charge in [-0.05, 0) is 31.9 Å². The normalized spacial score (nSPS) is 13.0. The van der Waals surface area contributed by atoms with E-state index >= 15 is 0 Å². The van der Waals surface area contributed by atoms with Crippen molar-refractivity contribution in [1.29, 1.82) is 0 Å². The molecule has 1 atom stereocenters. The van der Waals surface area contributed by atoms with Gasteiger partial charge < -0.3 is 19.8 Å². The van der Waals surface area contributed by atoms with Gasteiger partial charge in [-0.25, -0.2) is 4.98 Å². The van der Waals surface area contributed by atoms with Crippen LogP contribution < -0.4 is 10.5 Å². The van der Waals surface area contributed by atoms with Crippen molar-refractivity contribution in [2.75, 3.05) is 25.6 Å². The molecule has 2 N–H and O–H groups in total. The molecule has 1 aromatic heterocycles. The molecule has 5 nitrogen and oxygen atoms in total. The Kier molecular flexibility index (Phi) is 5.07. The van der Waals surface area contributed by atoms with Gasteiger partial charge in [0.1, 0.15) is 11.3 Å². The summed E-state index contributed by atoms with van der Waals surface area (Å²) in [5.41, 5.74) is 7.99. The van der Waals surface area contributed by atoms with E-state index in [1.165, 1.54) is 0 Å². The monoisotopic (exact) mass is 291 g/mol. The van der Waals surface area contributed by atoms with Crippen LogP contribution in [-0.4, -0.2) is 29.4 Å². The van der Waals surface area contributed by atoms with E-state index in [2.05, 4.69) is 23.4 Å². The Balaban J connectivity index is 2.51. The second-order valence-corrected chi connectivity index (χ2v) is 5.37. The van der Waals surface area contributed by atoms with Crippen LogP contribution in [0.1, 0.15) is 33.7 Å². The minimum absolute atomic E-state index is 0.159. The van der Waals surface area contributed by atoms with Crippen LogP contribution in [0.3, 0.4) is 0 Å². The van der Waals surface area contributed by atoms with Crippen molar-refractivity contribution >= 4 is 17.0 Å². The molecular weight excluding hydrogens is 266 g/mol. The highest BCUT2D eigenvalue weighted by Gasteiger charge is 2.22. The summed E-state index contributed by atoms with van der Waals surface area (Å²) >= 11 is 0. The molecule has 0 aliphatic rings. The van der Waals surface area contributed by atoms with E-state index < -0.39 is 0 Å². The number of ether oxygens (including phenoxy) is 2. The molecule has 0 fully saturated rings. The van der Waals surface area contributed by atoms with Crippen molar-refractivity contribution in [3.8, 4) is 5.75 Å². The van der Waals surface area contributed by atoms with Gasteiger partial charge in [0.05, 0.1) is 24.8 Å². The maximum Gasteiger partial charge on any atom is 0.201 e. The van der Waals surface area contributed by atoms with Crippen LogP contribution >= 0.6 is 0 Å². The highest BCUT2D eigenvalue weighted by atomic mass is 16.5. The highest BCUT2D eigenvalue weighted by molar-refractivity contribution is 5.84. The predicted octanol–water partition coefficient (Wildman–Crippen LogP) is 3.25. The van der Waals surface area contributed by atoms with Gasteiger partial charge in [-0.1, -0.05) is 19.9 Å². The number of hydrogen-bond acceptors (Lipinski definition) is 4. The topological polar surface area (TPSA) is 62.3 Å². The molecule has 1 aromatic carbocycles. The third-order valence-electron chi connectivity index (χ3n) is 3.60. The molecule has 1 heterocycles. The van der Waals surface area contributed by atoms with Crippen LogP contribution in [-0.2, 0) is 4.74 Å². The number of nitrogens with two attached hydrogens (primary N) is 1. The lowest BCUT2D eigenvalue weighted by Gasteiger charge is -2.24. The fourth-order valence-electron chi connectivity index (χ4n) is 2.53. The molecule has 116 valence electrons. The predicted molar refractivity (Wildman–Crippen MR) is 85.7 cm³/mol. The van der Waals surface area contributed by atoms with Crippen molar-refractivity contribution < 1.29 is 9.47 Å². The molecule has 2 aromatic rings. The summed E-state index contributed by atoms with van der Waals surface area (Å²) < 4.78 is 13.3. The number of para-hydroxylation sites is 1. The molecule has 0 saturated heterocycles. The van der Waals surface area contributed by atoms with E-state index in [9.17, 15) is 0 Å². The minimum Gasteiger partial charge on any atom is -0.492 e. The molecule has 0 bridgehead atoms. The molecule has 0 spiro atoms. The Morgan fingerprint density at radius 3 is 2.62 bits per heavy atom. The van der Waals surface area contributed by atoms with Crippen molar-refractivity contribution in [2.24, 2.45) is 5.92 Å². The summed E-state index contributed by atoms with van der Waals surface area (Å²) in [6, 6.07) is 6.09. The summed E-state index contributed by atoms with van der Waals surface area (Å²) in [6.45, 7) is 10.2. The zero-order valence-corrected chi connectivity index (χ0v) is 13.3. The van der Waals surface area contributed by atoms with Crippen molar-refractivity contribution in [2.45, 2.75) is 33.7 Å². The maximum absolute atomic E-state index is 6.17. The molecular formula is C16H25N3O2. The van der Waals surface area contributed by atoms with Gasteiger partial charge >= 0.3 is 0 Å². The average Bonchev–Trinajstić information content (AvgIpc) is 2.77. The second-order valence-electron chi connectivity index (χ2n) is 5.37. The van der Waals surface area contributed by atoms with Gasteiger partial charge in [0, 0.05) is 6.61 Å². The molecule has 0 aliphatic heterocycles. The molecule has 5 heteroatoms. The molecule has 21 heavy (non-hydrogen) atoms. The Labute approximate surface area is 126 Å². The van der Waals surface area contributed by atoms with E-state index in [1.54, 1.807) is 0 Å². The van der Waals surface area contributed by atoms with Crippen LogP contribution in [0.4, 0.5) is 5.95 Å². The van der Waals surface area contributed by atoms with Gasteiger partial charge in [-0.15, -0.1) is 0 Å². The Morgan fingerprint density at radius 2 is 2.00 bits per heavy atom. The number of aromatic nitrogens is 2. The number of anilines is 1. The maximum atomic E-state index is 6.17. The van der Waals surface area contributed by atoms with Gasteiger partial charge in [-0.3, -0.25) is 0 Å². The molecule has 0 aliphatic carbocycles. The molecule has 0 saturated carbocycles. The van der Waals surface area contributed by atoms with Gasteiger partial charge in [-0.2, -0.15) is 0 Å². The standard InChI is InChI=1S/C16H25N3O2/c1-5-20-10-13(11(3)4)19-12-8-7-9-14(21-6-2)15(12)18-16(19)17/h7-9,11,13H,5-6,10H2,1-4H3,(H2,17,18). The van der Waals surface area contributed by atoms with Crippen molar-refractivity contribution in [1.82, 2.24) is 9.55 Å². The van der Waals surface area contributed by atoms with E-state index in [-0.39, 0.29) is 6.04 Å². The fourth-order valence-corrected chi connectivity index (χ4v) is 2.53. The lowest BCUT2D eigenvalue weighted by atomic mass is 10.0. The lowest BCUT2D eigenvalue weighted by molar-refractivity contribution is 0.0987. The third-order valence-corrected chi connectivity index (χ3v) is 3.60. The lowest BCUT2D eigenvalue weighted by Crippen LogP contribution is -2.22. The minimum atomic E-state index is 0.159. The Hall–Kier alpha value is -1.75. The van der Waals surface area contributed by atoms with E-state index in [0.29, 0.717) is 31.7 Å². The van der Waals surface area contributed by atoms with E-state index in [4.69, 9.17) is 15.2 Å². The first kappa shape index (κ1) is 15.6. The van der Waals surface area contributed by atoms with Crippen molar-refractivity contribution in [3.05, 3.63) is 18.2 Å². The highest BCUT2D eigenvalue weighted by Crippen LogP contribution is 2.32. The fraction of sp³-hybridized carbons (Fsp3) is 0.562. The van der Waals surface area contributed by atoms with E-state index in [1.807, 2.05) is 32.0 Å². The van der Waals surface area contributed by atoms with Gasteiger partial charge in [0.2, 0.25) is 5.95 Å². The first-order valence-electron chi connectivity index (χ1n) is 7.57. The van der Waals surface area contributed by atoms with Crippen LogP contribution in [0.5, 0.6) is 5.75 Å². The SMILES string of the molecule is CCOCC(C(C)C)n1c(N)nc2c(OCC)cccc21. The summed E-state index contributed by atoms with van der Waals surface area (Å²) in [5, 5.41) is 0. The summed E-state index contributed by atoms with van der Waals surface area (Å²) in [7, 11) is 0. The quantitative estimate of drug-likeness (QED) is 0.850. The summed E-state index contributed by atoms with van der Waals surface area (Å²) in [6.07, 6.45) is 0. The summed E-state index contributed by atoms with van der Waals surface area (Å²) in [4.78, 5) is 4.50. The first-order chi connectivity index (χ1) is 10.1. The van der Waals surface area contributed by atoms with Crippen molar-refractivity contribution in [3.63, 3.8) is 0 Å². The molecule has 0 amide bonds. The largest absolute Gasteiger partial charge is 0.492 e. The number of imidazole rings is 1. The molecule has 2 rings (SSSR count). The number of hydrogen-bond donors (Lipinski definition) is 1. The van der Waals surface area contributed by atoms with Crippen LogP contribution in [0.2, 0.25) is 0 Å². The smallest absolute Gasteiger partial charge is 0.201 e. The van der Waals surface area contributed by atoms with Crippen LogP contribution in [0.15, 0.2) is 18.2 Å². The zero-order chi connectivity index (χ0) is 15.4. The number of benzene rings is 1. The van der Waals surface area contributed by atoms with Crippen LogP contribution in [0, 0.1) is 5.92 Å². The van der Waals surface area contributed by atoms with Crippen LogP contribution in [0.25, 0.3) is 11.0 Å². The Bertz CT molecular complexity index is 592. The number of nitrogen functional groups attached to an aromatic ring is 1. The third kappa shape index (κ3) is 3.13. The zero-order valence-electron chi connectivity index (χ0n) is 13.3. The number of nitrogens with zero attached hydrogens (tertiary/aromatic N) is 2. The number of rotatable bonds is 7. The average molecular weight is 291 g/mol. The number of fused-ring (bicyclic) bond motifs is 1. The first-order valence-corrected chi connectivity index (χ1v) is 7.57. The molecule has 0 radical (unpaired) electrons. The summed E-state index contributed by atoms with van der Waals surface area (Å²) in [5.74, 6) is 1.68. The molecule has 1 unspecified atom stereocenters. The Morgan fingerprint density at radius 1 is 1.24 bits per heavy atom. The van der Waals surface area contributed by atoms with E-state index in [0.717, 1.165) is 16.8 Å². The van der Waals surface area contributed by atoms with Gasteiger partial charge in [0.25, 0.3) is 0 Å². The second kappa shape index (κ2) is 6.80.